The fourth-order valence-corrected chi connectivity index (χ4v) is 2.82. The summed E-state index contributed by atoms with van der Waals surface area (Å²) in [4.78, 5) is 11.6. The summed E-state index contributed by atoms with van der Waals surface area (Å²) in [5, 5.41) is 9.49. The predicted molar refractivity (Wildman–Crippen MR) is 67.8 cm³/mol. The number of carboxylic acids is 1. The van der Waals surface area contributed by atoms with E-state index in [-0.39, 0.29) is 6.42 Å². The van der Waals surface area contributed by atoms with E-state index in [1.807, 2.05) is 0 Å². The topological polar surface area (TPSA) is 37.3 Å². The Balaban J connectivity index is 2.21. The van der Waals surface area contributed by atoms with Crippen molar-refractivity contribution < 1.29 is 18.7 Å². The predicted octanol–water partition coefficient (Wildman–Crippen LogP) is 3.79. The Morgan fingerprint density at radius 1 is 1.32 bits per heavy atom. The summed E-state index contributed by atoms with van der Waals surface area (Å²) in [6.07, 6.45) is 3.21. The molecule has 1 aliphatic carbocycles. The summed E-state index contributed by atoms with van der Waals surface area (Å²) >= 11 is 0. The molecule has 1 fully saturated rings. The number of hydrogen-bond donors (Lipinski definition) is 1. The van der Waals surface area contributed by atoms with Crippen molar-refractivity contribution in [2.75, 3.05) is 0 Å². The molecule has 0 amide bonds. The molecule has 0 spiro atoms. The number of benzene rings is 1. The van der Waals surface area contributed by atoms with E-state index in [0.29, 0.717) is 24.3 Å². The maximum absolute atomic E-state index is 13.2. The van der Waals surface area contributed by atoms with Crippen LogP contribution in [-0.2, 0) is 11.2 Å². The molecule has 1 aromatic carbocycles. The number of rotatable bonds is 3. The summed E-state index contributed by atoms with van der Waals surface area (Å²) < 4.78 is 26.1. The first kappa shape index (κ1) is 14.0. The molecule has 0 atom stereocenters. The van der Waals surface area contributed by atoms with Crippen molar-refractivity contribution in [3.63, 3.8) is 0 Å². The molecular weight excluding hydrogens is 250 g/mol. The van der Waals surface area contributed by atoms with E-state index < -0.39 is 23.0 Å². The van der Waals surface area contributed by atoms with Gasteiger partial charge in [0.05, 0.1) is 5.41 Å². The maximum Gasteiger partial charge on any atom is 0.309 e. The Hall–Kier alpha value is -1.45. The molecule has 0 aromatic heterocycles. The zero-order valence-corrected chi connectivity index (χ0v) is 11.0. The molecule has 0 aliphatic heterocycles. The van der Waals surface area contributed by atoms with Crippen molar-refractivity contribution >= 4 is 5.97 Å². The fourth-order valence-electron chi connectivity index (χ4n) is 2.82. The van der Waals surface area contributed by atoms with Gasteiger partial charge in [-0.15, -0.1) is 0 Å². The second kappa shape index (κ2) is 5.27. The van der Waals surface area contributed by atoms with E-state index in [1.54, 1.807) is 0 Å². The zero-order chi connectivity index (χ0) is 14.0. The number of hydrogen-bond acceptors (Lipinski definition) is 1. The van der Waals surface area contributed by atoms with Crippen molar-refractivity contribution in [1.82, 2.24) is 0 Å². The minimum Gasteiger partial charge on any atom is -0.481 e. The third-order valence-electron chi connectivity index (χ3n) is 4.21. The standard InChI is InChI=1S/C15H18F2O2/c1-10-4-6-15(7-5-10,14(18)19)9-11-2-3-12(16)13(17)8-11/h2-3,8,10H,4-7,9H2,1H3,(H,18,19). The molecule has 0 radical (unpaired) electrons. The SMILES string of the molecule is CC1CCC(Cc2ccc(F)c(F)c2)(C(=O)O)CC1. The first-order valence-corrected chi connectivity index (χ1v) is 6.60. The van der Waals surface area contributed by atoms with E-state index >= 15 is 0 Å². The van der Waals surface area contributed by atoms with Gasteiger partial charge in [-0.3, -0.25) is 4.79 Å². The van der Waals surface area contributed by atoms with Gasteiger partial charge in [-0.05, 0) is 55.7 Å². The normalized spacial score (nSPS) is 27.2. The van der Waals surface area contributed by atoms with Crippen LogP contribution < -0.4 is 0 Å². The third kappa shape index (κ3) is 2.94. The van der Waals surface area contributed by atoms with E-state index in [0.717, 1.165) is 25.0 Å². The Morgan fingerprint density at radius 2 is 1.95 bits per heavy atom. The molecule has 19 heavy (non-hydrogen) atoms. The van der Waals surface area contributed by atoms with Crippen LogP contribution in [0, 0.1) is 23.0 Å². The highest BCUT2D eigenvalue weighted by Gasteiger charge is 2.41. The lowest BCUT2D eigenvalue weighted by molar-refractivity contribution is -0.151. The summed E-state index contributed by atoms with van der Waals surface area (Å²) in [5.41, 5.74) is -0.271. The first-order chi connectivity index (χ1) is 8.93. The van der Waals surface area contributed by atoms with Crippen molar-refractivity contribution in [1.29, 1.82) is 0 Å². The summed E-state index contributed by atoms with van der Waals surface area (Å²) in [6, 6.07) is 3.64. The maximum atomic E-state index is 13.2. The lowest BCUT2D eigenvalue weighted by Crippen LogP contribution is -2.37. The summed E-state index contributed by atoms with van der Waals surface area (Å²) in [5.74, 6) is -2.10. The van der Waals surface area contributed by atoms with Gasteiger partial charge in [-0.2, -0.15) is 0 Å². The summed E-state index contributed by atoms with van der Waals surface area (Å²) in [6.45, 7) is 2.11. The highest BCUT2D eigenvalue weighted by Crippen LogP contribution is 2.41. The number of aliphatic carboxylic acids is 1. The zero-order valence-electron chi connectivity index (χ0n) is 11.0. The van der Waals surface area contributed by atoms with Crippen molar-refractivity contribution in [3.05, 3.63) is 35.4 Å². The Labute approximate surface area is 111 Å². The lowest BCUT2D eigenvalue weighted by atomic mass is 9.68. The third-order valence-corrected chi connectivity index (χ3v) is 4.21. The van der Waals surface area contributed by atoms with Gasteiger partial charge in [0.1, 0.15) is 0 Å². The molecule has 2 nitrogen and oxygen atoms in total. The number of halogens is 2. The quantitative estimate of drug-likeness (QED) is 0.905. The monoisotopic (exact) mass is 268 g/mol. The lowest BCUT2D eigenvalue weighted by Gasteiger charge is -2.36. The molecule has 0 saturated heterocycles. The minimum atomic E-state index is -0.915. The fraction of sp³-hybridized carbons (Fsp3) is 0.533. The second-order valence-corrected chi connectivity index (χ2v) is 5.69. The Bertz CT molecular complexity index is 477. The second-order valence-electron chi connectivity index (χ2n) is 5.69. The number of carboxylic acid groups (broad SMARTS) is 1. The van der Waals surface area contributed by atoms with Crippen molar-refractivity contribution in [2.45, 2.75) is 39.0 Å². The van der Waals surface area contributed by atoms with Crippen LogP contribution in [0.5, 0.6) is 0 Å². The smallest absolute Gasteiger partial charge is 0.309 e. The molecule has 1 aliphatic rings. The van der Waals surface area contributed by atoms with Crippen molar-refractivity contribution in [2.24, 2.45) is 11.3 Å². The van der Waals surface area contributed by atoms with Gasteiger partial charge < -0.3 is 5.11 Å². The molecule has 0 bridgehead atoms. The molecule has 1 N–H and O–H groups in total. The average molecular weight is 268 g/mol. The van der Waals surface area contributed by atoms with Crippen LogP contribution in [0.2, 0.25) is 0 Å². The molecule has 104 valence electrons. The van der Waals surface area contributed by atoms with Crippen LogP contribution in [0.15, 0.2) is 18.2 Å². The van der Waals surface area contributed by atoms with Gasteiger partial charge in [-0.1, -0.05) is 13.0 Å². The van der Waals surface area contributed by atoms with Crippen LogP contribution in [0.25, 0.3) is 0 Å². The van der Waals surface area contributed by atoms with Gasteiger partial charge in [0, 0.05) is 0 Å². The molecule has 0 heterocycles. The minimum absolute atomic E-state index is 0.270. The van der Waals surface area contributed by atoms with Gasteiger partial charge in [0.15, 0.2) is 11.6 Å². The molecule has 1 aromatic rings. The van der Waals surface area contributed by atoms with Gasteiger partial charge >= 0.3 is 5.97 Å². The van der Waals surface area contributed by atoms with Crippen molar-refractivity contribution in [3.8, 4) is 0 Å². The van der Waals surface area contributed by atoms with E-state index in [4.69, 9.17) is 0 Å². The first-order valence-electron chi connectivity index (χ1n) is 6.60. The van der Waals surface area contributed by atoms with E-state index in [9.17, 15) is 18.7 Å². The Kier molecular flexibility index (Phi) is 3.88. The van der Waals surface area contributed by atoms with Crippen LogP contribution in [0.4, 0.5) is 8.78 Å². The highest BCUT2D eigenvalue weighted by molar-refractivity contribution is 5.75. The van der Waals surface area contributed by atoms with Crippen LogP contribution in [-0.4, -0.2) is 11.1 Å². The van der Waals surface area contributed by atoms with Gasteiger partial charge in [0.2, 0.25) is 0 Å². The molecular formula is C15H18F2O2. The van der Waals surface area contributed by atoms with E-state index in [2.05, 4.69) is 6.92 Å². The molecule has 1 saturated carbocycles. The highest BCUT2D eigenvalue weighted by atomic mass is 19.2. The Morgan fingerprint density at radius 3 is 2.47 bits per heavy atom. The van der Waals surface area contributed by atoms with Crippen LogP contribution >= 0.6 is 0 Å². The van der Waals surface area contributed by atoms with Crippen LogP contribution in [0.3, 0.4) is 0 Å². The number of carbonyl (C=O) groups is 1. The molecule has 2 rings (SSSR count). The summed E-state index contributed by atoms with van der Waals surface area (Å²) in [7, 11) is 0. The largest absolute Gasteiger partial charge is 0.481 e. The van der Waals surface area contributed by atoms with Gasteiger partial charge in [0.25, 0.3) is 0 Å². The van der Waals surface area contributed by atoms with Gasteiger partial charge in [-0.25, -0.2) is 8.78 Å². The van der Waals surface area contributed by atoms with Crippen LogP contribution in [0.1, 0.15) is 38.2 Å². The molecule has 4 heteroatoms. The average Bonchev–Trinajstić information content (AvgIpc) is 2.37. The van der Waals surface area contributed by atoms with E-state index in [1.165, 1.54) is 6.07 Å². The molecule has 0 unspecified atom stereocenters.